The molecule has 5 aromatic rings. The summed E-state index contributed by atoms with van der Waals surface area (Å²) >= 11 is 2.03. The maximum absolute atomic E-state index is 2.68. The van der Waals surface area contributed by atoms with Gasteiger partial charge in [0.25, 0.3) is 0 Å². The maximum Gasteiger partial charge on any atom is 0.0502 e. The molecular formula is C48H49NS. The lowest BCUT2D eigenvalue weighted by Gasteiger charge is -2.63. The zero-order valence-electron chi connectivity index (χ0n) is 30.1. The summed E-state index contributed by atoms with van der Waals surface area (Å²) in [5, 5.41) is 0. The van der Waals surface area contributed by atoms with Crippen LogP contribution in [-0.2, 0) is 16.2 Å². The van der Waals surface area contributed by atoms with E-state index in [1.165, 1.54) is 94.1 Å². The number of benzene rings is 5. The molecule has 0 unspecified atom stereocenters. The van der Waals surface area contributed by atoms with E-state index in [-0.39, 0.29) is 16.2 Å². The van der Waals surface area contributed by atoms with E-state index in [0.29, 0.717) is 11.8 Å². The molecule has 6 aliphatic rings. The average molecular weight is 672 g/mol. The van der Waals surface area contributed by atoms with E-state index >= 15 is 0 Å². The predicted molar refractivity (Wildman–Crippen MR) is 210 cm³/mol. The fraction of sp³-hybridized carbons (Fsp3) is 0.375. The van der Waals surface area contributed by atoms with Gasteiger partial charge in [0, 0.05) is 26.6 Å². The number of anilines is 3. The standard InChI is InChI=1S/C48H49NS/c1-46(2)23-24-47(3,4)45-39(46)18-12-19-41(45)49(36-15-9-6-10-16-36)37-21-22-42-40(30-37)48(34-26-31-25-32(28-34)29-35(48)27-31)44-38(17-11-20-43(44)50-42)33-13-7-5-8-14-33/h5-22,30-32,34-35H,23-29H2,1-4H3. The van der Waals surface area contributed by atoms with Crippen LogP contribution in [0.5, 0.6) is 0 Å². The molecule has 252 valence electrons. The first-order valence-corrected chi connectivity index (χ1v) is 20.1. The van der Waals surface area contributed by atoms with Crippen LogP contribution in [0.3, 0.4) is 0 Å². The Labute approximate surface area is 303 Å². The molecule has 0 amide bonds. The van der Waals surface area contributed by atoms with Gasteiger partial charge in [-0.3, -0.25) is 0 Å². The Hall–Kier alpha value is -3.75. The molecule has 1 nitrogen and oxygen atoms in total. The van der Waals surface area contributed by atoms with Gasteiger partial charge in [0.05, 0.1) is 5.69 Å². The van der Waals surface area contributed by atoms with Crippen LogP contribution >= 0.6 is 11.8 Å². The highest BCUT2D eigenvalue weighted by atomic mass is 32.2. The van der Waals surface area contributed by atoms with Crippen LogP contribution in [0, 0.1) is 23.7 Å². The lowest BCUT2D eigenvalue weighted by Crippen LogP contribution is -2.57. The molecular weight excluding hydrogens is 623 g/mol. The van der Waals surface area contributed by atoms with Crippen LogP contribution in [0.4, 0.5) is 17.1 Å². The Balaban J connectivity index is 1.24. The normalized spacial score (nSPS) is 27.8. The second kappa shape index (κ2) is 11.1. The van der Waals surface area contributed by atoms with Crippen molar-refractivity contribution in [2.75, 3.05) is 4.90 Å². The van der Waals surface area contributed by atoms with Gasteiger partial charge in [-0.2, -0.15) is 0 Å². The first kappa shape index (κ1) is 31.0. The Kier molecular flexibility index (Phi) is 6.90. The van der Waals surface area contributed by atoms with Gasteiger partial charge in [0.1, 0.15) is 0 Å². The fourth-order valence-electron chi connectivity index (χ4n) is 11.9. The molecule has 0 saturated heterocycles. The smallest absolute Gasteiger partial charge is 0.0502 e. The molecule has 1 aliphatic heterocycles. The summed E-state index contributed by atoms with van der Waals surface area (Å²) in [6.45, 7) is 9.85. The van der Waals surface area contributed by atoms with Crippen LogP contribution in [0.15, 0.2) is 125 Å². The Morgan fingerprint density at radius 1 is 0.540 bits per heavy atom. The molecule has 4 saturated carbocycles. The number of hydrogen-bond donors (Lipinski definition) is 0. The van der Waals surface area contributed by atoms with Crippen molar-refractivity contribution in [3.63, 3.8) is 0 Å². The average Bonchev–Trinajstić information content (AvgIpc) is 3.12. The summed E-state index contributed by atoms with van der Waals surface area (Å²) in [7, 11) is 0. The third-order valence-electron chi connectivity index (χ3n) is 13.9. The lowest BCUT2D eigenvalue weighted by atomic mass is 9.41. The van der Waals surface area contributed by atoms with E-state index in [4.69, 9.17) is 0 Å². The minimum absolute atomic E-state index is 0.0333. The van der Waals surface area contributed by atoms with E-state index < -0.39 is 0 Å². The van der Waals surface area contributed by atoms with Crippen LogP contribution in [-0.4, -0.2) is 0 Å². The van der Waals surface area contributed by atoms with Crippen molar-refractivity contribution in [2.45, 2.75) is 98.7 Å². The van der Waals surface area contributed by atoms with Gasteiger partial charge < -0.3 is 4.90 Å². The molecule has 5 aromatic carbocycles. The molecule has 0 aromatic heterocycles. The van der Waals surface area contributed by atoms with Crippen LogP contribution in [0.25, 0.3) is 11.1 Å². The summed E-state index contributed by atoms with van der Waals surface area (Å²) in [6.07, 6.45) is 9.38. The van der Waals surface area contributed by atoms with E-state index in [2.05, 4.69) is 148 Å². The second-order valence-electron chi connectivity index (χ2n) is 17.6. The first-order valence-electron chi connectivity index (χ1n) is 19.2. The highest BCUT2D eigenvalue weighted by Crippen LogP contribution is 2.70. The summed E-state index contributed by atoms with van der Waals surface area (Å²) < 4.78 is 0. The Bertz CT molecular complexity index is 2080. The third kappa shape index (κ3) is 4.46. The van der Waals surface area contributed by atoms with Crippen LogP contribution in [0.2, 0.25) is 0 Å². The molecule has 50 heavy (non-hydrogen) atoms. The van der Waals surface area contributed by atoms with Gasteiger partial charge >= 0.3 is 0 Å². The molecule has 0 radical (unpaired) electrons. The topological polar surface area (TPSA) is 3.24 Å². The fourth-order valence-corrected chi connectivity index (χ4v) is 13.1. The summed E-state index contributed by atoms with van der Waals surface area (Å²) in [5.74, 6) is 3.18. The van der Waals surface area contributed by atoms with E-state index in [1.54, 1.807) is 11.1 Å². The summed E-state index contributed by atoms with van der Waals surface area (Å²) in [5.41, 5.74) is 13.3. The zero-order valence-corrected chi connectivity index (χ0v) is 30.9. The van der Waals surface area contributed by atoms with Gasteiger partial charge in [-0.1, -0.05) is 112 Å². The third-order valence-corrected chi connectivity index (χ3v) is 15.1. The van der Waals surface area contributed by atoms with E-state index in [0.717, 1.165) is 11.8 Å². The van der Waals surface area contributed by atoms with Crippen molar-refractivity contribution >= 4 is 28.8 Å². The maximum atomic E-state index is 2.68. The number of nitrogens with zero attached hydrogens (tertiary/aromatic N) is 1. The van der Waals surface area contributed by atoms with E-state index in [9.17, 15) is 0 Å². The minimum Gasteiger partial charge on any atom is -0.310 e. The minimum atomic E-state index is 0.0333. The van der Waals surface area contributed by atoms with Gasteiger partial charge in [0.15, 0.2) is 0 Å². The van der Waals surface area contributed by atoms with Crippen LogP contribution in [0.1, 0.15) is 94.9 Å². The van der Waals surface area contributed by atoms with Crippen molar-refractivity contribution in [1.29, 1.82) is 0 Å². The monoisotopic (exact) mass is 671 g/mol. The molecule has 1 heterocycles. The summed E-state index contributed by atoms with van der Waals surface area (Å²) in [4.78, 5) is 5.58. The quantitative estimate of drug-likeness (QED) is 0.187. The van der Waals surface area contributed by atoms with Gasteiger partial charge in [-0.15, -0.1) is 0 Å². The molecule has 11 rings (SSSR count). The zero-order chi connectivity index (χ0) is 33.8. The van der Waals surface area contributed by atoms with E-state index in [1.807, 2.05) is 11.8 Å². The first-order chi connectivity index (χ1) is 24.2. The second-order valence-corrected chi connectivity index (χ2v) is 18.7. The lowest BCUT2D eigenvalue weighted by molar-refractivity contribution is -0.0441. The molecule has 4 bridgehead atoms. The molecule has 4 fully saturated rings. The van der Waals surface area contributed by atoms with Crippen molar-refractivity contribution < 1.29 is 0 Å². The Morgan fingerprint density at radius 3 is 1.92 bits per heavy atom. The van der Waals surface area contributed by atoms with Crippen LogP contribution < -0.4 is 4.90 Å². The Morgan fingerprint density at radius 2 is 1.20 bits per heavy atom. The number of rotatable bonds is 4. The summed E-state index contributed by atoms with van der Waals surface area (Å²) in [6, 6.07) is 44.5. The van der Waals surface area contributed by atoms with Gasteiger partial charge in [0.2, 0.25) is 0 Å². The number of para-hydroxylation sites is 1. The molecule has 0 atom stereocenters. The van der Waals surface area contributed by atoms with Crippen molar-refractivity contribution in [1.82, 2.24) is 0 Å². The SMILES string of the molecule is CC1(C)CCC(C)(C)c2c(N(c3ccccc3)c3ccc4c(c3)C3(c5c(cccc5-c5ccccc5)S4)C4CC5CC(C4)CC3C5)cccc21. The highest BCUT2D eigenvalue weighted by Gasteiger charge is 2.61. The predicted octanol–water partition coefficient (Wildman–Crippen LogP) is 13.4. The van der Waals surface area contributed by atoms with Gasteiger partial charge in [-0.05, 0) is 155 Å². The highest BCUT2D eigenvalue weighted by molar-refractivity contribution is 7.99. The largest absolute Gasteiger partial charge is 0.310 e. The molecule has 0 N–H and O–H groups in total. The molecule has 1 spiro atoms. The van der Waals surface area contributed by atoms with Gasteiger partial charge in [-0.25, -0.2) is 0 Å². The number of hydrogen-bond acceptors (Lipinski definition) is 2. The van der Waals surface area contributed by atoms with Crippen molar-refractivity contribution in [3.05, 3.63) is 138 Å². The molecule has 5 aliphatic carbocycles. The van der Waals surface area contributed by atoms with Crippen molar-refractivity contribution in [3.8, 4) is 11.1 Å². The van der Waals surface area contributed by atoms with Crippen molar-refractivity contribution in [2.24, 2.45) is 23.7 Å². The molecule has 2 heteroatoms. The number of fused-ring (bicyclic) bond motifs is 3.